The molecule has 0 bridgehead atoms. The molecular weight excluding hydrogens is 388 g/mol. The Morgan fingerprint density at radius 2 is 2.00 bits per heavy atom. The molecule has 1 aromatic heterocycles. The number of hydrogen-bond acceptors (Lipinski definition) is 6. The zero-order valence-electron chi connectivity index (χ0n) is 18.4. The van der Waals surface area contributed by atoms with Crippen LogP contribution in [0.15, 0.2) is 36.5 Å². The minimum absolute atomic E-state index is 0.00364. The van der Waals surface area contributed by atoms with Crippen LogP contribution in [0.3, 0.4) is 0 Å². The molecule has 4 N–H and O–H groups in total. The predicted molar refractivity (Wildman–Crippen MR) is 125 cm³/mol. The summed E-state index contributed by atoms with van der Waals surface area (Å²) >= 11 is 0. The number of aromatic nitrogens is 1. The molecule has 2 aromatic rings. The van der Waals surface area contributed by atoms with Crippen molar-refractivity contribution in [3.8, 4) is 17.9 Å². The van der Waals surface area contributed by atoms with Crippen LogP contribution in [-0.4, -0.2) is 37.1 Å². The van der Waals surface area contributed by atoms with Gasteiger partial charge in [0.2, 0.25) is 5.91 Å². The normalized spacial score (nSPS) is 10.9. The molecule has 2 rings (SSSR count). The van der Waals surface area contributed by atoms with Crippen molar-refractivity contribution in [2.24, 2.45) is 0 Å². The molecule has 7 nitrogen and oxygen atoms in total. The van der Waals surface area contributed by atoms with Crippen molar-refractivity contribution in [3.63, 3.8) is 0 Å². The van der Waals surface area contributed by atoms with E-state index in [0.717, 1.165) is 36.3 Å². The monoisotopic (exact) mass is 418 g/mol. The summed E-state index contributed by atoms with van der Waals surface area (Å²) in [6, 6.07) is 11.1. The number of pyridine rings is 1. The third-order valence-electron chi connectivity index (χ3n) is 4.58. The van der Waals surface area contributed by atoms with Crippen LogP contribution in [0, 0.1) is 23.2 Å². The van der Waals surface area contributed by atoms with Crippen LogP contribution < -0.4 is 21.3 Å². The number of rotatable bonds is 10. The molecule has 1 heterocycles. The van der Waals surface area contributed by atoms with E-state index in [0.29, 0.717) is 24.3 Å². The number of likely N-dealkylation sites (N-methyl/N-ethyl adjacent to an activating group) is 1. The van der Waals surface area contributed by atoms with Crippen molar-refractivity contribution in [1.82, 2.24) is 15.6 Å². The Bertz CT molecular complexity index is 953. The van der Waals surface area contributed by atoms with E-state index in [9.17, 15) is 4.79 Å². The first-order valence-corrected chi connectivity index (χ1v) is 10.5. The smallest absolute Gasteiger partial charge is 0.236 e. The molecule has 31 heavy (non-hydrogen) atoms. The van der Waals surface area contributed by atoms with Crippen molar-refractivity contribution < 1.29 is 4.79 Å². The lowest BCUT2D eigenvalue weighted by Crippen LogP contribution is -2.40. The molecular formula is C24H30N6O. The van der Waals surface area contributed by atoms with Crippen LogP contribution in [-0.2, 0) is 4.79 Å². The Labute approximate surface area is 184 Å². The molecule has 0 unspecified atom stereocenters. The number of unbranched alkanes of at least 4 members (excludes halogenated alkanes) is 1. The first-order valence-electron chi connectivity index (χ1n) is 10.5. The van der Waals surface area contributed by atoms with Crippen LogP contribution >= 0.6 is 0 Å². The van der Waals surface area contributed by atoms with Gasteiger partial charge in [0.05, 0.1) is 28.9 Å². The Balaban J connectivity index is 1.98. The molecule has 162 valence electrons. The van der Waals surface area contributed by atoms with Gasteiger partial charge in [-0.2, -0.15) is 5.26 Å². The quantitative estimate of drug-likeness (QED) is 0.349. The zero-order valence-corrected chi connectivity index (χ0v) is 18.4. The maximum absolute atomic E-state index is 11.7. The second-order valence-corrected chi connectivity index (χ2v) is 7.06. The standard InChI is InChI=1S/C24H30N6O/c1-4-13-27-22-15-23(30-21-11-9-19(16-25)10-12-21)29-17-20(22)8-6-5-7-14-28-24(31)18(2)26-3/h9-12,15,17-18,26H,4-5,7,13-14H2,1-3H3,(H,28,31)(H2,27,29,30)/t18-/m0/s1. The largest absolute Gasteiger partial charge is 0.384 e. The molecule has 0 radical (unpaired) electrons. The molecule has 0 spiro atoms. The molecule has 1 atom stereocenters. The van der Waals surface area contributed by atoms with E-state index in [2.05, 4.69) is 51.1 Å². The molecule has 0 saturated carbocycles. The maximum Gasteiger partial charge on any atom is 0.236 e. The number of hydrogen-bond donors (Lipinski definition) is 4. The molecule has 7 heteroatoms. The molecule has 1 amide bonds. The number of carbonyl (C=O) groups is 1. The summed E-state index contributed by atoms with van der Waals surface area (Å²) in [5.74, 6) is 7.06. The van der Waals surface area contributed by atoms with Gasteiger partial charge in [0.25, 0.3) is 0 Å². The van der Waals surface area contributed by atoms with E-state index in [4.69, 9.17) is 5.26 Å². The summed E-state index contributed by atoms with van der Waals surface area (Å²) in [7, 11) is 1.76. The summed E-state index contributed by atoms with van der Waals surface area (Å²) in [4.78, 5) is 16.2. The van der Waals surface area contributed by atoms with Crippen molar-refractivity contribution in [3.05, 3.63) is 47.7 Å². The molecule has 0 aliphatic heterocycles. The molecule has 0 saturated heterocycles. The van der Waals surface area contributed by atoms with E-state index in [-0.39, 0.29) is 11.9 Å². The topological polar surface area (TPSA) is 102 Å². The number of benzene rings is 1. The van der Waals surface area contributed by atoms with E-state index in [1.807, 2.05) is 25.1 Å². The summed E-state index contributed by atoms with van der Waals surface area (Å²) in [6.45, 7) is 5.38. The van der Waals surface area contributed by atoms with Crippen LogP contribution in [0.4, 0.5) is 17.2 Å². The highest BCUT2D eigenvalue weighted by atomic mass is 16.2. The highest BCUT2D eigenvalue weighted by Gasteiger charge is 2.08. The average molecular weight is 419 g/mol. The first-order chi connectivity index (χ1) is 15.1. The highest BCUT2D eigenvalue weighted by Crippen LogP contribution is 2.21. The van der Waals surface area contributed by atoms with Crippen LogP contribution in [0.25, 0.3) is 0 Å². The van der Waals surface area contributed by atoms with Crippen LogP contribution in [0.2, 0.25) is 0 Å². The first kappa shape index (κ1) is 23.7. The lowest BCUT2D eigenvalue weighted by atomic mass is 10.2. The molecule has 0 aliphatic rings. The van der Waals surface area contributed by atoms with Crippen LogP contribution in [0.1, 0.15) is 44.2 Å². The third-order valence-corrected chi connectivity index (χ3v) is 4.58. The second kappa shape index (κ2) is 12.9. The molecule has 0 aliphatic carbocycles. The molecule has 1 aromatic carbocycles. The fraction of sp³-hybridized carbons (Fsp3) is 0.375. The van der Waals surface area contributed by atoms with Gasteiger partial charge >= 0.3 is 0 Å². The maximum atomic E-state index is 11.7. The van der Waals surface area contributed by atoms with Gasteiger partial charge in [-0.25, -0.2) is 4.98 Å². The van der Waals surface area contributed by atoms with Gasteiger partial charge in [-0.15, -0.1) is 0 Å². The van der Waals surface area contributed by atoms with Crippen molar-refractivity contribution in [1.29, 1.82) is 5.26 Å². The second-order valence-electron chi connectivity index (χ2n) is 7.06. The van der Waals surface area contributed by atoms with Crippen molar-refractivity contribution in [2.75, 3.05) is 30.8 Å². The van der Waals surface area contributed by atoms with Gasteiger partial charge in [0.1, 0.15) is 5.82 Å². The summed E-state index contributed by atoms with van der Waals surface area (Å²) in [5, 5.41) is 21.4. The fourth-order valence-electron chi connectivity index (χ4n) is 2.64. The zero-order chi connectivity index (χ0) is 22.5. The minimum atomic E-state index is -0.194. The lowest BCUT2D eigenvalue weighted by molar-refractivity contribution is -0.122. The van der Waals surface area contributed by atoms with E-state index in [1.165, 1.54) is 0 Å². The average Bonchev–Trinajstić information content (AvgIpc) is 2.80. The predicted octanol–water partition coefficient (Wildman–Crippen LogP) is 3.37. The van der Waals surface area contributed by atoms with Gasteiger partial charge in [-0.1, -0.05) is 18.8 Å². The number of carbonyl (C=O) groups excluding carboxylic acids is 1. The van der Waals surface area contributed by atoms with E-state index in [1.54, 1.807) is 25.4 Å². The summed E-state index contributed by atoms with van der Waals surface area (Å²) < 4.78 is 0. The summed E-state index contributed by atoms with van der Waals surface area (Å²) in [5.41, 5.74) is 3.25. The van der Waals surface area contributed by atoms with Gasteiger partial charge in [-0.3, -0.25) is 4.79 Å². The Hall–Kier alpha value is -3.55. The van der Waals surface area contributed by atoms with Gasteiger partial charge in [0.15, 0.2) is 0 Å². The number of nitrogens with zero attached hydrogens (tertiary/aromatic N) is 2. The minimum Gasteiger partial charge on any atom is -0.384 e. The van der Waals surface area contributed by atoms with Gasteiger partial charge in [0, 0.05) is 37.5 Å². The Morgan fingerprint density at radius 3 is 2.68 bits per heavy atom. The SMILES string of the molecule is CCCNc1cc(Nc2ccc(C#N)cc2)ncc1C#CCCCNC(=O)[C@H](C)NC. The fourth-order valence-corrected chi connectivity index (χ4v) is 2.64. The number of anilines is 3. The molecule has 0 fully saturated rings. The van der Waals surface area contributed by atoms with Gasteiger partial charge < -0.3 is 21.3 Å². The lowest BCUT2D eigenvalue weighted by Gasteiger charge is -2.11. The number of nitriles is 1. The van der Waals surface area contributed by atoms with Gasteiger partial charge in [-0.05, 0) is 51.1 Å². The Kier molecular flexibility index (Phi) is 9.87. The van der Waals surface area contributed by atoms with Crippen molar-refractivity contribution in [2.45, 2.75) is 39.2 Å². The van der Waals surface area contributed by atoms with Crippen molar-refractivity contribution >= 4 is 23.1 Å². The number of nitrogens with one attached hydrogen (secondary N) is 4. The van der Waals surface area contributed by atoms with E-state index >= 15 is 0 Å². The van der Waals surface area contributed by atoms with E-state index < -0.39 is 0 Å². The highest BCUT2D eigenvalue weighted by molar-refractivity contribution is 5.81. The summed E-state index contributed by atoms with van der Waals surface area (Å²) in [6.07, 6.45) is 4.23. The third kappa shape index (κ3) is 8.00. The number of amides is 1. The van der Waals surface area contributed by atoms with Crippen LogP contribution in [0.5, 0.6) is 0 Å². The Morgan fingerprint density at radius 1 is 1.23 bits per heavy atom.